The molecule has 0 atom stereocenters. The third-order valence-electron chi connectivity index (χ3n) is 16.2. The Balaban J connectivity index is -0.00000133. The molecule has 0 aliphatic rings. The Kier molecular flexibility index (Phi) is 40.3. The Morgan fingerprint density at radius 3 is 0.512 bits per heavy atom. The standard InChI is InChI=1S/2C36H49.C6H14.3CH3.Li.2Sn/c2*1-21(2)29-17-31(23(5)6)35(32(18-29)24(7)8)27-14-13-15-28(16-27)36-33(25(9)10)19-30(22(3)4)20-34(36)26(11)12;1-3-5-6-4-2;;;;;;/h2*13-15,17-26H,1-12H3;3-6H2,1-2H3;3*1H3;;;/q2*-1;;3*-1;+1;2*+2. The van der Waals surface area contributed by atoms with E-state index in [2.05, 4.69) is 277 Å². The largest absolute Gasteiger partial charge is 2.00 e. The van der Waals surface area contributed by atoms with Crippen molar-refractivity contribution in [3.8, 4) is 44.5 Å². The van der Waals surface area contributed by atoms with Crippen LogP contribution in [-0.4, -0.2) is 47.8 Å². The van der Waals surface area contributed by atoms with Gasteiger partial charge in [-0.15, -0.1) is 70.8 Å². The molecule has 0 N–H and O–H groups in total. The molecule has 0 saturated heterocycles. The average molecular weight is 1340 g/mol. The van der Waals surface area contributed by atoms with Crippen LogP contribution in [0.4, 0.5) is 0 Å². The summed E-state index contributed by atoms with van der Waals surface area (Å²) in [5.74, 6) is 5.72. The molecule has 6 rings (SSSR count). The second-order valence-electron chi connectivity index (χ2n) is 26.8. The molecule has 0 fully saturated rings. The fraction of sp³-hybridized carbons (Fsp3) is 0.519. The number of unbranched alkanes of at least 4 members (excludes halogenated alkanes) is 3. The third-order valence-corrected chi connectivity index (χ3v) is 16.2. The van der Waals surface area contributed by atoms with Crippen LogP contribution in [0.2, 0.25) is 0 Å². The summed E-state index contributed by atoms with van der Waals surface area (Å²) in [5, 5.41) is 0. The molecule has 0 unspecified atom stereocenters. The SMILES string of the molecule is CC(C)c1cc(C(C)C)c(-c2[c-]c(-c3c(C(C)C)cc(C(C)C)cc3C(C)C)ccc2)c(C(C)C)c1.CC(C)c1cc(C(C)C)c(-c2[c-]c(-c3c(C(C)C)cc(C(C)C)cc3C(C)C)ccc2)c(C(C)C)c1.CCCCCC.[CH3-].[CH3-].[CH3-].[Li+].[Sn+2].[Sn+2]. The maximum Gasteiger partial charge on any atom is 2.00 e. The Morgan fingerprint density at radius 2 is 0.405 bits per heavy atom. The van der Waals surface area contributed by atoms with Crippen molar-refractivity contribution < 1.29 is 18.9 Å². The Bertz CT molecular complexity index is 2350. The fourth-order valence-corrected chi connectivity index (χ4v) is 11.1. The number of hydrogen-bond acceptors (Lipinski definition) is 0. The average Bonchev–Trinajstić information content (AvgIpc) is 3.38. The van der Waals surface area contributed by atoms with E-state index >= 15 is 0 Å². The van der Waals surface area contributed by atoms with Crippen LogP contribution in [0.15, 0.2) is 84.9 Å². The van der Waals surface area contributed by atoms with Crippen LogP contribution in [0.25, 0.3) is 44.5 Å². The molecule has 4 radical (unpaired) electrons. The van der Waals surface area contributed by atoms with Crippen molar-refractivity contribution in [1.82, 2.24) is 0 Å². The molecular formula is C81H121LiSn2. The summed E-state index contributed by atoms with van der Waals surface area (Å²) in [7, 11) is 0. The minimum Gasteiger partial charge on any atom is -0.358 e. The second-order valence-corrected chi connectivity index (χ2v) is 26.8. The van der Waals surface area contributed by atoms with E-state index in [1.807, 2.05) is 0 Å². The van der Waals surface area contributed by atoms with Gasteiger partial charge >= 0.3 is 66.7 Å². The van der Waals surface area contributed by atoms with Crippen LogP contribution < -0.4 is 18.9 Å². The van der Waals surface area contributed by atoms with Gasteiger partial charge in [-0.3, -0.25) is 0 Å². The van der Waals surface area contributed by atoms with Gasteiger partial charge in [0.2, 0.25) is 0 Å². The number of hydrogen-bond donors (Lipinski definition) is 0. The minimum atomic E-state index is 0. The zero-order chi connectivity index (χ0) is 58.6. The minimum absolute atomic E-state index is 0. The number of rotatable bonds is 19. The van der Waals surface area contributed by atoms with E-state index in [0.29, 0.717) is 71.0 Å². The first-order valence-electron chi connectivity index (χ1n) is 31.3. The van der Waals surface area contributed by atoms with Crippen molar-refractivity contribution in [2.45, 2.75) is 277 Å². The summed E-state index contributed by atoms with van der Waals surface area (Å²) < 4.78 is 0. The van der Waals surface area contributed by atoms with Gasteiger partial charge in [-0.05, 0) is 93.3 Å². The molecule has 6 aromatic carbocycles. The van der Waals surface area contributed by atoms with E-state index in [0.717, 1.165) is 0 Å². The van der Waals surface area contributed by atoms with Gasteiger partial charge in [0, 0.05) is 0 Å². The molecule has 0 aromatic heterocycles. The maximum atomic E-state index is 3.96. The van der Waals surface area contributed by atoms with Gasteiger partial charge < -0.3 is 22.3 Å². The summed E-state index contributed by atoms with van der Waals surface area (Å²) in [5.41, 5.74) is 27.8. The van der Waals surface area contributed by atoms with Gasteiger partial charge in [0.15, 0.2) is 0 Å². The molecule has 0 aliphatic carbocycles. The van der Waals surface area contributed by atoms with Gasteiger partial charge in [-0.2, -0.15) is 0 Å². The van der Waals surface area contributed by atoms with Crippen LogP contribution in [0.1, 0.15) is 343 Å². The van der Waals surface area contributed by atoms with Gasteiger partial charge in [0.25, 0.3) is 0 Å². The molecule has 84 heavy (non-hydrogen) atoms. The molecule has 6 aromatic rings. The molecule has 3 heteroatoms. The van der Waals surface area contributed by atoms with Crippen molar-refractivity contribution in [1.29, 1.82) is 0 Å². The summed E-state index contributed by atoms with van der Waals surface area (Å²) in [6.45, 7) is 60.1. The van der Waals surface area contributed by atoms with Crippen molar-refractivity contribution in [2.24, 2.45) is 0 Å². The van der Waals surface area contributed by atoms with E-state index < -0.39 is 0 Å². The van der Waals surface area contributed by atoms with Gasteiger partial charge in [0.1, 0.15) is 0 Å². The van der Waals surface area contributed by atoms with Crippen LogP contribution in [0, 0.1) is 34.4 Å². The zero-order valence-electron chi connectivity index (χ0n) is 59.8. The molecule has 0 aliphatic heterocycles. The van der Waals surface area contributed by atoms with E-state index in [4.69, 9.17) is 0 Å². The predicted molar refractivity (Wildman–Crippen MR) is 382 cm³/mol. The van der Waals surface area contributed by atoms with E-state index in [9.17, 15) is 0 Å². The van der Waals surface area contributed by atoms with Crippen molar-refractivity contribution in [3.63, 3.8) is 0 Å². The number of benzene rings is 6. The molecule has 0 heterocycles. The van der Waals surface area contributed by atoms with Gasteiger partial charge in [-0.1, -0.05) is 321 Å². The Morgan fingerprint density at radius 1 is 0.262 bits per heavy atom. The summed E-state index contributed by atoms with van der Waals surface area (Å²) in [6, 6.07) is 41.1. The normalized spacial score (nSPS) is 11.2. The third kappa shape index (κ3) is 22.2. The van der Waals surface area contributed by atoms with E-state index in [-0.39, 0.29) is 89.0 Å². The van der Waals surface area contributed by atoms with Crippen molar-refractivity contribution in [3.05, 3.63) is 186 Å². The first-order valence-corrected chi connectivity index (χ1v) is 31.3. The van der Waals surface area contributed by atoms with Crippen LogP contribution >= 0.6 is 0 Å². The molecule has 0 nitrogen and oxygen atoms in total. The Hall–Kier alpha value is -2.49. The Labute approximate surface area is 569 Å². The summed E-state index contributed by atoms with van der Waals surface area (Å²) >= 11 is 0. The predicted octanol–water partition coefficient (Wildman–Crippen LogP) is 23.3. The molecule has 0 spiro atoms. The molecule has 0 saturated carbocycles. The topological polar surface area (TPSA) is 0 Å². The molecule has 0 amide bonds. The van der Waals surface area contributed by atoms with Crippen LogP contribution in [0.5, 0.6) is 0 Å². The first-order chi connectivity index (χ1) is 36.6. The van der Waals surface area contributed by atoms with Crippen molar-refractivity contribution >= 4 is 47.8 Å². The van der Waals surface area contributed by atoms with Crippen LogP contribution in [-0.2, 0) is 0 Å². The summed E-state index contributed by atoms with van der Waals surface area (Å²) in [4.78, 5) is 0. The van der Waals surface area contributed by atoms with E-state index in [1.165, 1.54) is 137 Å². The van der Waals surface area contributed by atoms with Gasteiger partial charge in [0.05, 0.1) is 0 Å². The monoisotopic (exact) mass is 1340 g/mol. The molecule has 0 bridgehead atoms. The smallest absolute Gasteiger partial charge is 0.358 e. The van der Waals surface area contributed by atoms with Gasteiger partial charge in [-0.25, -0.2) is 0 Å². The molecular weight excluding hydrogens is 1220 g/mol. The van der Waals surface area contributed by atoms with Crippen molar-refractivity contribution in [2.75, 3.05) is 0 Å². The second kappa shape index (κ2) is 39.5. The first kappa shape index (κ1) is 85.7. The maximum absolute atomic E-state index is 3.96. The van der Waals surface area contributed by atoms with Crippen LogP contribution in [0.3, 0.4) is 0 Å². The fourth-order valence-electron chi connectivity index (χ4n) is 11.1. The zero-order valence-corrected chi connectivity index (χ0v) is 65.5. The molecule has 454 valence electrons. The van der Waals surface area contributed by atoms with E-state index in [1.54, 1.807) is 0 Å². The summed E-state index contributed by atoms with van der Waals surface area (Å²) in [6.07, 6.45) is 5.54. The quantitative estimate of drug-likeness (QED) is 0.0431.